The van der Waals surface area contributed by atoms with E-state index in [0.717, 1.165) is 30.3 Å². The van der Waals surface area contributed by atoms with Gasteiger partial charge in [0, 0.05) is 19.1 Å². The minimum Gasteiger partial charge on any atom is -0.378 e. The number of benzene rings is 1. The van der Waals surface area contributed by atoms with Crippen LogP contribution >= 0.6 is 0 Å². The van der Waals surface area contributed by atoms with E-state index in [4.69, 9.17) is 4.74 Å². The van der Waals surface area contributed by atoms with E-state index in [-0.39, 0.29) is 5.91 Å². The average molecular weight is 367 g/mol. The van der Waals surface area contributed by atoms with Gasteiger partial charge in [0.2, 0.25) is 0 Å². The van der Waals surface area contributed by atoms with Crippen LogP contribution < -0.4 is 15.5 Å². The predicted octanol–water partition coefficient (Wildman–Crippen LogP) is 2.92. The first-order valence-corrected chi connectivity index (χ1v) is 9.63. The summed E-state index contributed by atoms with van der Waals surface area (Å²) in [5, 5.41) is 14.6. The van der Waals surface area contributed by atoms with E-state index in [1.807, 2.05) is 30.3 Å². The van der Waals surface area contributed by atoms with Gasteiger partial charge in [0.1, 0.15) is 5.82 Å². The highest BCUT2D eigenvalue weighted by Crippen LogP contribution is 2.27. The quantitative estimate of drug-likeness (QED) is 0.846. The van der Waals surface area contributed by atoms with Crippen LogP contribution in [-0.2, 0) is 4.74 Å². The summed E-state index contributed by atoms with van der Waals surface area (Å²) in [7, 11) is 0. The van der Waals surface area contributed by atoms with Crippen LogP contribution in [0.25, 0.3) is 0 Å². The van der Waals surface area contributed by atoms with Crippen molar-refractivity contribution in [2.75, 3.05) is 41.8 Å². The largest absolute Gasteiger partial charge is 0.378 e. The molecule has 1 aliphatic carbocycles. The van der Waals surface area contributed by atoms with Gasteiger partial charge in [-0.05, 0) is 37.1 Å². The lowest BCUT2D eigenvalue weighted by molar-refractivity contribution is 0.102. The smallest absolute Gasteiger partial charge is 0.276 e. The lowest BCUT2D eigenvalue weighted by Crippen LogP contribution is -2.36. The lowest BCUT2D eigenvalue weighted by atomic mass is 10.2. The summed E-state index contributed by atoms with van der Waals surface area (Å²) in [5.74, 6) is 0.475. The van der Waals surface area contributed by atoms with E-state index in [1.54, 1.807) is 6.07 Å². The minimum absolute atomic E-state index is 0.254. The first kappa shape index (κ1) is 17.7. The summed E-state index contributed by atoms with van der Waals surface area (Å²) in [6.45, 7) is 3.02. The van der Waals surface area contributed by atoms with Crippen LogP contribution in [0, 0.1) is 0 Å². The van der Waals surface area contributed by atoms with Gasteiger partial charge in [0.25, 0.3) is 5.91 Å². The van der Waals surface area contributed by atoms with Crippen molar-refractivity contribution in [1.82, 2.24) is 10.2 Å². The molecule has 2 aliphatic rings. The molecular weight excluding hydrogens is 342 g/mol. The van der Waals surface area contributed by atoms with E-state index >= 15 is 0 Å². The Bertz CT molecular complexity index is 768. The standard InChI is InChI=1S/C20H25N5O2/c26-20(17-9-10-19(24-23-17)21-15-5-1-2-6-15)22-16-7-3-4-8-18(16)25-11-13-27-14-12-25/h3-4,7-10,15H,1-2,5-6,11-14H2,(H,21,24)(H,22,26). The van der Waals surface area contributed by atoms with E-state index in [9.17, 15) is 4.79 Å². The van der Waals surface area contributed by atoms with Crippen LogP contribution in [0.5, 0.6) is 0 Å². The summed E-state index contributed by atoms with van der Waals surface area (Å²) >= 11 is 0. The summed E-state index contributed by atoms with van der Waals surface area (Å²) in [6.07, 6.45) is 4.85. The molecule has 0 bridgehead atoms. The number of hydrogen-bond acceptors (Lipinski definition) is 6. The van der Waals surface area contributed by atoms with Crippen molar-refractivity contribution in [3.05, 3.63) is 42.1 Å². The van der Waals surface area contributed by atoms with Crippen molar-refractivity contribution >= 4 is 23.1 Å². The fourth-order valence-electron chi connectivity index (χ4n) is 3.66. The number of ether oxygens (including phenoxy) is 1. The number of anilines is 3. The number of carbonyl (C=O) groups is 1. The van der Waals surface area contributed by atoms with Crippen molar-refractivity contribution < 1.29 is 9.53 Å². The van der Waals surface area contributed by atoms with Crippen LogP contribution in [0.4, 0.5) is 17.2 Å². The highest BCUT2D eigenvalue weighted by Gasteiger charge is 2.18. The van der Waals surface area contributed by atoms with Crippen molar-refractivity contribution in [3.8, 4) is 0 Å². The second kappa shape index (κ2) is 8.35. The molecule has 1 aromatic carbocycles. The molecule has 142 valence electrons. The number of morpholine rings is 1. The van der Waals surface area contributed by atoms with Gasteiger partial charge < -0.3 is 20.3 Å². The van der Waals surface area contributed by atoms with Gasteiger partial charge >= 0.3 is 0 Å². The van der Waals surface area contributed by atoms with E-state index in [0.29, 0.717) is 24.9 Å². The summed E-state index contributed by atoms with van der Waals surface area (Å²) in [6, 6.07) is 11.8. The Morgan fingerprint density at radius 2 is 1.81 bits per heavy atom. The van der Waals surface area contributed by atoms with Gasteiger partial charge in [-0.15, -0.1) is 10.2 Å². The third-order valence-electron chi connectivity index (χ3n) is 5.11. The fraction of sp³-hybridized carbons (Fsp3) is 0.450. The summed E-state index contributed by atoms with van der Waals surface area (Å²) < 4.78 is 5.42. The van der Waals surface area contributed by atoms with Crippen molar-refractivity contribution in [2.24, 2.45) is 0 Å². The number of hydrogen-bond donors (Lipinski definition) is 2. The Hall–Kier alpha value is -2.67. The van der Waals surface area contributed by atoms with Gasteiger partial charge in [-0.3, -0.25) is 4.79 Å². The number of amides is 1. The minimum atomic E-state index is -0.254. The first-order chi connectivity index (χ1) is 13.3. The van der Waals surface area contributed by atoms with Gasteiger partial charge in [-0.1, -0.05) is 25.0 Å². The molecule has 2 aromatic rings. The average Bonchev–Trinajstić information content (AvgIpc) is 3.23. The molecule has 7 heteroatoms. The highest BCUT2D eigenvalue weighted by atomic mass is 16.5. The fourth-order valence-corrected chi connectivity index (χ4v) is 3.66. The molecular formula is C20H25N5O2. The van der Waals surface area contributed by atoms with Crippen LogP contribution in [0.3, 0.4) is 0 Å². The van der Waals surface area contributed by atoms with Gasteiger partial charge in [-0.2, -0.15) is 0 Å². The normalized spacial score (nSPS) is 17.7. The SMILES string of the molecule is O=C(Nc1ccccc1N1CCOCC1)c1ccc(NC2CCCC2)nn1. The Morgan fingerprint density at radius 1 is 1.04 bits per heavy atom. The van der Waals surface area contributed by atoms with Gasteiger partial charge in [0.05, 0.1) is 24.6 Å². The zero-order chi connectivity index (χ0) is 18.5. The topological polar surface area (TPSA) is 79.4 Å². The highest BCUT2D eigenvalue weighted by molar-refractivity contribution is 6.04. The molecule has 1 aliphatic heterocycles. The van der Waals surface area contributed by atoms with Gasteiger partial charge in [0.15, 0.2) is 5.69 Å². The second-order valence-electron chi connectivity index (χ2n) is 7.00. The third-order valence-corrected chi connectivity index (χ3v) is 5.11. The Balaban J connectivity index is 1.43. The van der Waals surface area contributed by atoms with Crippen LogP contribution in [0.1, 0.15) is 36.2 Å². The maximum absolute atomic E-state index is 12.6. The van der Waals surface area contributed by atoms with E-state index in [1.165, 1.54) is 25.7 Å². The maximum Gasteiger partial charge on any atom is 0.276 e. The first-order valence-electron chi connectivity index (χ1n) is 9.63. The molecule has 2 N–H and O–H groups in total. The number of nitrogens with zero attached hydrogens (tertiary/aromatic N) is 3. The Labute approximate surface area is 159 Å². The number of aromatic nitrogens is 2. The molecule has 1 saturated heterocycles. The zero-order valence-corrected chi connectivity index (χ0v) is 15.4. The van der Waals surface area contributed by atoms with Gasteiger partial charge in [-0.25, -0.2) is 0 Å². The second-order valence-corrected chi connectivity index (χ2v) is 7.00. The summed E-state index contributed by atoms with van der Waals surface area (Å²) in [4.78, 5) is 14.8. The molecule has 2 heterocycles. The molecule has 0 radical (unpaired) electrons. The molecule has 27 heavy (non-hydrogen) atoms. The van der Waals surface area contributed by atoms with Crippen molar-refractivity contribution in [2.45, 2.75) is 31.7 Å². The number of para-hydroxylation sites is 2. The van der Waals surface area contributed by atoms with E-state index in [2.05, 4.69) is 25.7 Å². The van der Waals surface area contributed by atoms with Crippen molar-refractivity contribution in [3.63, 3.8) is 0 Å². The Kier molecular flexibility index (Phi) is 5.48. The number of nitrogens with one attached hydrogen (secondary N) is 2. The molecule has 7 nitrogen and oxygen atoms in total. The monoisotopic (exact) mass is 367 g/mol. The van der Waals surface area contributed by atoms with Crippen LogP contribution in [0.15, 0.2) is 36.4 Å². The lowest BCUT2D eigenvalue weighted by Gasteiger charge is -2.30. The number of carbonyl (C=O) groups excluding carboxylic acids is 1. The number of rotatable bonds is 5. The molecule has 1 aromatic heterocycles. The molecule has 0 unspecified atom stereocenters. The molecule has 1 amide bonds. The zero-order valence-electron chi connectivity index (χ0n) is 15.4. The maximum atomic E-state index is 12.6. The molecule has 2 fully saturated rings. The van der Waals surface area contributed by atoms with Crippen LogP contribution in [0.2, 0.25) is 0 Å². The van der Waals surface area contributed by atoms with Crippen LogP contribution in [-0.4, -0.2) is 48.4 Å². The molecule has 4 rings (SSSR count). The van der Waals surface area contributed by atoms with E-state index < -0.39 is 0 Å². The predicted molar refractivity (Wildman–Crippen MR) is 105 cm³/mol. The molecule has 0 atom stereocenters. The van der Waals surface area contributed by atoms with Crippen molar-refractivity contribution in [1.29, 1.82) is 0 Å². The molecule has 0 spiro atoms. The third kappa shape index (κ3) is 4.36. The molecule has 1 saturated carbocycles. The summed E-state index contributed by atoms with van der Waals surface area (Å²) in [5.41, 5.74) is 2.09. The Morgan fingerprint density at radius 3 is 2.56 bits per heavy atom.